The molecule has 2 aromatic rings. The fourth-order valence-electron chi connectivity index (χ4n) is 3.00. The maximum Gasteiger partial charge on any atom is 0.316 e. The van der Waals surface area contributed by atoms with E-state index in [4.69, 9.17) is 28.4 Å². The quantitative estimate of drug-likeness (QED) is 0.788. The van der Waals surface area contributed by atoms with E-state index in [-0.39, 0.29) is 13.2 Å². The Balaban J connectivity index is 1.41. The molecule has 0 spiro atoms. The Morgan fingerprint density at radius 3 is 1.43 bits per heavy atom. The Morgan fingerprint density at radius 1 is 0.643 bits per heavy atom. The summed E-state index contributed by atoms with van der Waals surface area (Å²) in [6.45, 7) is -2.13. The summed E-state index contributed by atoms with van der Waals surface area (Å²) in [7, 11) is 0. The first-order chi connectivity index (χ1) is 13.7. The van der Waals surface area contributed by atoms with Gasteiger partial charge in [0.2, 0.25) is 0 Å². The molecule has 0 radical (unpaired) electrons. The van der Waals surface area contributed by atoms with Gasteiger partial charge in [0.15, 0.2) is 0 Å². The number of aliphatic hydroxyl groups excluding tert-OH is 2. The molecule has 8 nitrogen and oxygen atoms in total. The van der Waals surface area contributed by atoms with Gasteiger partial charge < -0.3 is 38.6 Å². The number of hydrogen-bond donors (Lipinski definition) is 2. The Kier molecular flexibility index (Phi) is 6.06. The molecule has 6 atom stereocenters. The molecule has 2 fully saturated rings. The van der Waals surface area contributed by atoms with Gasteiger partial charge in [-0.3, -0.25) is 0 Å². The van der Waals surface area contributed by atoms with Gasteiger partial charge in [0, 0.05) is 0 Å². The van der Waals surface area contributed by atoms with E-state index in [0.717, 1.165) is 0 Å². The minimum absolute atomic E-state index is 0.0280. The summed E-state index contributed by atoms with van der Waals surface area (Å²) < 4.78 is 33.5. The van der Waals surface area contributed by atoms with Crippen molar-refractivity contribution in [1.82, 2.24) is 0 Å². The van der Waals surface area contributed by atoms with Crippen LogP contribution in [0, 0.1) is 0 Å². The predicted molar refractivity (Wildman–Crippen MR) is 95.4 cm³/mol. The summed E-state index contributed by atoms with van der Waals surface area (Å²) in [5.41, 5.74) is 0. The van der Waals surface area contributed by atoms with Crippen LogP contribution in [-0.4, -0.2) is 60.8 Å². The third-order valence-electron chi connectivity index (χ3n) is 4.38. The predicted octanol–water partition coefficient (Wildman–Crippen LogP) is 1.26. The fraction of sp³-hybridized carbons (Fsp3) is 0.400. The molecule has 0 aromatic heterocycles. The monoisotopic (exact) mass is 390 g/mol. The van der Waals surface area contributed by atoms with E-state index in [0.29, 0.717) is 11.5 Å². The Morgan fingerprint density at radius 2 is 1.04 bits per heavy atom. The van der Waals surface area contributed by atoms with Gasteiger partial charge in [0.1, 0.15) is 35.9 Å². The van der Waals surface area contributed by atoms with Crippen molar-refractivity contribution in [3.05, 3.63) is 60.7 Å². The highest BCUT2D eigenvalue weighted by Gasteiger charge is 2.45. The molecule has 2 heterocycles. The van der Waals surface area contributed by atoms with E-state index >= 15 is 0 Å². The molecule has 8 heteroatoms. The first-order valence-electron chi connectivity index (χ1n) is 9.03. The van der Waals surface area contributed by atoms with Crippen molar-refractivity contribution in [3.63, 3.8) is 0 Å². The van der Waals surface area contributed by atoms with Crippen molar-refractivity contribution in [3.8, 4) is 11.5 Å². The van der Waals surface area contributed by atoms with Crippen LogP contribution >= 0.6 is 0 Å². The molecular weight excluding hydrogens is 368 g/mol. The maximum absolute atomic E-state index is 10.3. The zero-order valence-electron chi connectivity index (χ0n) is 15.0. The zero-order chi connectivity index (χ0) is 19.3. The molecular formula is C20H22O8. The van der Waals surface area contributed by atoms with E-state index in [1.165, 1.54) is 0 Å². The lowest BCUT2D eigenvalue weighted by molar-refractivity contribution is -0.383. The van der Waals surface area contributed by atoms with Gasteiger partial charge in [-0.15, -0.1) is 0 Å². The molecule has 2 aliphatic heterocycles. The summed E-state index contributed by atoms with van der Waals surface area (Å²) in [4.78, 5) is 0. The van der Waals surface area contributed by atoms with Gasteiger partial charge in [-0.2, -0.15) is 0 Å². The molecule has 28 heavy (non-hydrogen) atoms. The van der Waals surface area contributed by atoms with Gasteiger partial charge in [-0.25, -0.2) is 0 Å². The van der Waals surface area contributed by atoms with Crippen molar-refractivity contribution in [2.75, 3.05) is 13.2 Å². The Hall–Kier alpha value is -2.20. The summed E-state index contributed by atoms with van der Waals surface area (Å²) >= 11 is 0. The smallest absolute Gasteiger partial charge is 0.316 e. The minimum atomic E-state index is -1.04. The highest BCUT2D eigenvalue weighted by Crippen LogP contribution is 2.27. The molecule has 2 saturated heterocycles. The average Bonchev–Trinajstić information content (AvgIpc) is 2.73. The van der Waals surface area contributed by atoms with E-state index < -0.39 is 37.4 Å². The van der Waals surface area contributed by atoms with Gasteiger partial charge in [-0.05, 0) is 24.3 Å². The van der Waals surface area contributed by atoms with Crippen LogP contribution in [0.4, 0.5) is 0 Å². The van der Waals surface area contributed by atoms with Crippen molar-refractivity contribution in [2.24, 2.45) is 0 Å². The third kappa shape index (κ3) is 4.61. The van der Waals surface area contributed by atoms with Crippen molar-refractivity contribution >= 4 is 0 Å². The normalized spacial score (nSPS) is 33.2. The molecule has 150 valence electrons. The molecule has 2 aromatic carbocycles. The van der Waals surface area contributed by atoms with Crippen LogP contribution in [0.1, 0.15) is 0 Å². The molecule has 0 amide bonds. The third-order valence-corrected chi connectivity index (χ3v) is 4.38. The molecule has 0 bridgehead atoms. The topological polar surface area (TPSA) is 95.8 Å². The fourth-order valence-corrected chi connectivity index (χ4v) is 3.00. The molecule has 4 rings (SSSR count). The molecule has 2 unspecified atom stereocenters. The summed E-state index contributed by atoms with van der Waals surface area (Å²) in [6, 6.07) is 18.0. The standard InChI is InChI=1S/C20H22O8/c21-15-11-23-19(25-13-7-3-1-4-8-13)27-17(15)18-16(22)12-24-20(28-18)26-14-9-5-2-6-10-14/h1-10,15-22H,11-12H2/t15-,16-,17-,18-,19?,20?/m1/s1. The first-order valence-corrected chi connectivity index (χ1v) is 9.03. The number of ether oxygens (including phenoxy) is 6. The first kappa shape index (κ1) is 19.1. The van der Waals surface area contributed by atoms with Gasteiger partial charge in [0.05, 0.1) is 13.2 Å². The largest absolute Gasteiger partial charge is 0.441 e. The minimum Gasteiger partial charge on any atom is -0.441 e. The van der Waals surface area contributed by atoms with E-state index in [2.05, 4.69) is 0 Å². The average molecular weight is 390 g/mol. The van der Waals surface area contributed by atoms with Crippen LogP contribution in [0.5, 0.6) is 11.5 Å². The SMILES string of the molecule is O[C@@H]1COC(Oc2ccccc2)O[C@H]1[C@@H]1OC(Oc2ccccc2)OC[C@H]1O. The molecule has 2 aliphatic rings. The number of aliphatic hydroxyl groups is 2. The second-order valence-corrected chi connectivity index (χ2v) is 6.44. The lowest BCUT2D eigenvalue weighted by Crippen LogP contribution is -2.59. The molecule has 0 aliphatic carbocycles. The second kappa shape index (κ2) is 8.87. The highest BCUT2D eigenvalue weighted by atomic mass is 16.9. The lowest BCUT2D eigenvalue weighted by atomic mass is 10.0. The molecule has 0 saturated carbocycles. The van der Waals surface area contributed by atoms with Gasteiger partial charge in [-0.1, -0.05) is 36.4 Å². The Labute approximate surface area is 162 Å². The van der Waals surface area contributed by atoms with Crippen molar-refractivity contribution < 1.29 is 38.6 Å². The number of benzene rings is 2. The van der Waals surface area contributed by atoms with Crippen LogP contribution in [0.15, 0.2) is 60.7 Å². The summed E-state index contributed by atoms with van der Waals surface area (Å²) in [5.74, 6) is 1.11. The zero-order valence-corrected chi connectivity index (χ0v) is 15.0. The number of para-hydroxylation sites is 2. The van der Waals surface area contributed by atoms with Crippen molar-refractivity contribution in [2.45, 2.75) is 37.4 Å². The Bertz CT molecular complexity index is 664. The van der Waals surface area contributed by atoms with E-state index in [1.54, 1.807) is 24.3 Å². The molecule has 2 N–H and O–H groups in total. The summed E-state index contributed by atoms with van der Waals surface area (Å²) in [5, 5.41) is 20.6. The number of rotatable bonds is 5. The highest BCUT2D eigenvalue weighted by molar-refractivity contribution is 5.21. The van der Waals surface area contributed by atoms with Crippen LogP contribution < -0.4 is 9.47 Å². The van der Waals surface area contributed by atoms with Crippen LogP contribution in [0.3, 0.4) is 0 Å². The second-order valence-electron chi connectivity index (χ2n) is 6.44. The van der Waals surface area contributed by atoms with Crippen LogP contribution in [0.2, 0.25) is 0 Å². The van der Waals surface area contributed by atoms with Gasteiger partial charge >= 0.3 is 13.0 Å². The van der Waals surface area contributed by atoms with Crippen LogP contribution in [-0.2, 0) is 18.9 Å². The van der Waals surface area contributed by atoms with Gasteiger partial charge in [0.25, 0.3) is 0 Å². The summed E-state index contributed by atoms with van der Waals surface area (Å²) in [6.07, 6.45) is -3.79. The van der Waals surface area contributed by atoms with E-state index in [1.807, 2.05) is 36.4 Å². The maximum atomic E-state index is 10.3. The van der Waals surface area contributed by atoms with Crippen molar-refractivity contribution in [1.29, 1.82) is 0 Å². The van der Waals surface area contributed by atoms with E-state index in [9.17, 15) is 10.2 Å². The lowest BCUT2D eigenvalue weighted by Gasteiger charge is -2.42. The number of hydrogen-bond acceptors (Lipinski definition) is 8. The van der Waals surface area contributed by atoms with Crippen LogP contribution in [0.25, 0.3) is 0 Å².